The van der Waals surface area contributed by atoms with Gasteiger partial charge in [-0.05, 0) is 32.2 Å². The van der Waals surface area contributed by atoms with Crippen molar-refractivity contribution in [2.75, 3.05) is 46.8 Å². The molecule has 1 rings (SSSR count). The molecule has 1 heterocycles. The number of piperidine rings is 1. The Hall–Kier alpha value is -0.570. The fourth-order valence-corrected chi connectivity index (χ4v) is 2.70. The van der Waals surface area contributed by atoms with Crippen LogP contribution >= 0.6 is 24.0 Å². The number of halogens is 1. The molecule has 6 nitrogen and oxygen atoms in total. The molecule has 1 amide bonds. The molecule has 0 saturated carbocycles. The number of hydrogen-bond acceptors (Lipinski definition) is 3. The van der Waals surface area contributed by atoms with Crippen molar-refractivity contribution in [3.05, 3.63) is 0 Å². The minimum Gasteiger partial charge on any atom is -0.356 e. The molecule has 2 N–H and O–H groups in total. The molecule has 148 valence electrons. The number of nitrogens with zero attached hydrogens (tertiary/aromatic N) is 3. The third kappa shape index (κ3) is 10.9. The van der Waals surface area contributed by atoms with E-state index < -0.39 is 0 Å². The zero-order valence-corrected chi connectivity index (χ0v) is 18.8. The van der Waals surface area contributed by atoms with Crippen LogP contribution in [0.1, 0.15) is 52.4 Å². The number of likely N-dealkylation sites (N-methyl/N-ethyl adjacent to an activating group) is 1. The van der Waals surface area contributed by atoms with Gasteiger partial charge < -0.3 is 20.4 Å². The second kappa shape index (κ2) is 14.6. The zero-order valence-electron chi connectivity index (χ0n) is 16.5. The first-order chi connectivity index (χ1) is 11.6. The van der Waals surface area contributed by atoms with Crippen LogP contribution in [0.25, 0.3) is 0 Å². The van der Waals surface area contributed by atoms with Gasteiger partial charge in [-0.3, -0.25) is 4.79 Å². The molecule has 0 bridgehead atoms. The van der Waals surface area contributed by atoms with Gasteiger partial charge >= 0.3 is 0 Å². The molecular weight excluding hydrogens is 429 g/mol. The van der Waals surface area contributed by atoms with E-state index in [2.05, 4.69) is 34.4 Å². The summed E-state index contributed by atoms with van der Waals surface area (Å²) in [6, 6.07) is 0.449. The van der Waals surface area contributed by atoms with Crippen molar-refractivity contribution in [1.82, 2.24) is 20.4 Å². The predicted molar refractivity (Wildman–Crippen MR) is 117 cm³/mol. The normalized spacial score (nSPS) is 16.2. The highest BCUT2D eigenvalue weighted by atomic mass is 127. The molecule has 1 aliphatic heterocycles. The SMILES string of the molecule is CCCCNC(=NCC(=O)N(C)C)NC1CCN(CCCC)CC1.I. The first kappa shape index (κ1) is 24.4. The van der Waals surface area contributed by atoms with Crippen molar-refractivity contribution in [2.45, 2.75) is 58.4 Å². The summed E-state index contributed by atoms with van der Waals surface area (Å²) in [5.41, 5.74) is 0. The average Bonchev–Trinajstić information content (AvgIpc) is 2.58. The van der Waals surface area contributed by atoms with Gasteiger partial charge in [0.1, 0.15) is 6.54 Å². The van der Waals surface area contributed by atoms with Gasteiger partial charge in [0.05, 0.1) is 0 Å². The second-order valence-corrected chi connectivity index (χ2v) is 6.85. The summed E-state index contributed by atoms with van der Waals surface area (Å²) in [7, 11) is 3.53. The number of hydrogen-bond donors (Lipinski definition) is 2. The van der Waals surface area contributed by atoms with E-state index in [1.165, 1.54) is 19.4 Å². The quantitative estimate of drug-likeness (QED) is 0.237. The van der Waals surface area contributed by atoms with Crippen LogP contribution in [-0.2, 0) is 4.79 Å². The monoisotopic (exact) mass is 467 g/mol. The molecule has 0 radical (unpaired) electrons. The number of aliphatic imine (C=N–C) groups is 1. The molecule has 25 heavy (non-hydrogen) atoms. The lowest BCUT2D eigenvalue weighted by Crippen LogP contribution is -2.49. The maximum Gasteiger partial charge on any atom is 0.243 e. The fraction of sp³-hybridized carbons (Fsp3) is 0.889. The summed E-state index contributed by atoms with van der Waals surface area (Å²) < 4.78 is 0. The average molecular weight is 467 g/mol. The number of carbonyl (C=O) groups is 1. The lowest BCUT2D eigenvalue weighted by atomic mass is 10.0. The van der Waals surface area contributed by atoms with Gasteiger partial charge in [-0.2, -0.15) is 0 Å². The van der Waals surface area contributed by atoms with Crippen LogP contribution in [0, 0.1) is 0 Å². The molecule has 0 atom stereocenters. The number of unbranched alkanes of at least 4 members (excludes halogenated alkanes) is 2. The number of likely N-dealkylation sites (tertiary alicyclic amines) is 1. The fourth-order valence-electron chi connectivity index (χ4n) is 2.70. The van der Waals surface area contributed by atoms with Gasteiger partial charge in [0.15, 0.2) is 5.96 Å². The third-order valence-electron chi connectivity index (χ3n) is 4.45. The highest BCUT2D eigenvalue weighted by Gasteiger charge is 2.19. The summed E-state index contributed by atoms with van der Waals surface area (Å²) in [6.45, 7) is 9.03. The Morgan fingerprint density at radius 3 is 2.36 bits per heavy atom. The number of rotatable bonds is 9. The molecule has 0 aliphatic carbocycles. The van der Waals surface area contributed by atoms with Crippen LogP contribution in [0.3, 0.4) is 0 Å². The molecule has 0 unspecified atom stereocenters. The van der Waals surface area contributed by atoms with Crippen LogP contribution in [0.5, 0.6) is 0 Å². The highest BCUT2D eigenvalue weighted by Crippen LogP contribution is 2.11. The molecule has 7 heteroatoms. The van der Waals surface area contributed by atoms with Gasteiger partial charge in [-0.15, -0.1) is 24.0 Å². The summed E-state index contributed by atoms with van der Waals surface area (Å²) in [5, 5.41) is 6.89. The van der Waals surface area contributed by atoms with Crippen LogP contribution < -0.4 is 10.6 Å². The lowest BCUT2D eigenvalue weighted by Gasteiger charge is -2.33. The summed E-state index contributed by atoms with van der Waals surface area (Å²) in [4.78, 5) is 20.4. The topological polar surface area (TPSA) is 60.0 Å². The maximum absolute atomic E-state index is 11.8. The molecule has 0 spiro atoms. The van der Waals surface area contributed by atoms with E-state index in [1.807, 2.05) is 0 Å². The summed E-state index contributed by atoms with van der Waals surface area (Å²) >= 11 is 0. The number of amides is 1. The predicted octanol–water partition coefficient (Wildman–Crippen LogP) is 2.29. The van der Waals surface area contributed by atoms with Gasteiger partial charge in [-0.25, -0.2) is 4.99 Å². The Bertz CT molecular complexity index is 382. The molecule has 0 aromatic rings. The van der Waals surface area contributed by atoms with E-state index in [9.17, 15) is 4.79 Å². The third-order valence-corrected chi connectivity index (χ3v) is 4.45. The molecular formula is C18H38IN5O. The van der Waals surface area contributed by atoms with Crippen molar-refractivity contribution in [3.63, 3.8) is 0 Å². The zero-order chi connectivity index (χ0) is 17.8. The van der Waals surface area contributed by atoms with Crippen molar-refractivity contribution < 1.29 is 4.79 Å². The molecule has 1 aliphatic rings. The van der Waals surface area contributed by atoms with E-state index in [4.69, 9.17) is 0 Å². The minimum absolute atomic E-state index is 0. The van der Waals surface area contributed by atoms with E-state index >= 15 is 0 Å². The van der Waals surface area contributed by atoms with Crippen LogP contribution in [0.15, 0.2) is 4.99 Å². The van der Waals surface area contributed by atoms with Gasteiger partial charge in [0.2, 0.25) is 5.91 Å². The molecule has 1 fully saturated rings. The number of guanidine groups is 1. The number of nitrogens with one attached hydrogen (secondary N) is 2. The van der Waals surface area contributed by atoms with Gasteiger partial charge in [0.25, 0.3) is 0 Å². The molecule has 1 saturated heterocycles. The van der Waals surface area contributed by atoms with Gasteiger partial charge in [-0.1, -0.05) is 26.7 Å². The number of carbonyl (C=O) groups excluding carboxylic acids is 1. The Labute approximate surface area is 171 Å². The van der Waals surface area contributed by atoms with Crippen molar-refractivity contribution in [2.24, 2.45) is 4.99 Å². The summed E-state index contributed by atoms with van der Waals surface area (Å²) in [6.07, 6.45) is 7.08. The van der Waals surface area contributed by atoms with Crippen LogP contribution in [0.2, 0.25) is 0 Å². The van der Waals surface area contributed by atoms with Crippen LogP contribution in [0.4, 0.5) is 0 Å². The Balaban J connectivity index is 0.00000576. The standard InChI is InChI=1S/C18H37N5O.HI/c1-5-7-11-19-18(20-15-17(24)22(3)4)21-16-9-13-23(14-10-16)12-8-6-2;/h16H,5-15H2,1-4H3,(H2,19,20,21);1H. The second-order valence-electron chi connectivity index (χ2n) is 6.85. The van der Waals surface area contributed by atoms with E-state index in [-0.39, 0.29) is 36.4 Å². The largest absolute Gasteiger partial charge is 0.356 e. The maximum atomic E-state index is 11.8. The first-order valence-electron chi connectivity index (χ1n) is 9.54. The molecule has 0 aromatic heterocycles. The van der Waals surface area contributed by atoms with Crippen molar-refractivity contribution in [3.8, 4) is 0 Å². The Kier molecular flexibility index (Phi) is 14.3. The first-order valence-corrected chi connectivity index (χ1v) is 9.54. The lowest BCUT2D eigenvalue weighted by molar-refractivity contribution is -0.127. The Morgan fingerprint density at radius 2 is 1.80 bits per heavy atom. The van der Waals surface area contributed by atoms with Crippen molar-refractivity contribution >= 4 is 35.8 Å². The van der Waals surface area contributed by atoms with E-state index in [0.29, 0.717) is 6.04 Å². The minimum atomic E-state index is 0. The summed E-state index contributed by atoms with van der Waals surface area (Å²) in [5.74, 6) is 0.812. The molecule has 0 aromatic carbocycles. The van der Waals surface area contributed by atoms with Crippen molar-refractivity contribution in [1.29, 1.82) is 0 Å². The van der Waals surface area contributed by atoms with E-state index in [1.54, 1.807) is 19.0 Å². The van der Waals surface area contributed by atoms with Crippen LogP contribution in [-0.4, -0.2) is 74.5 Å². The smallest absolute Gasteiger partial charge is 0.243 e. The Morgan fingerprint density at radius 1 is 1.16 bits per heavy atom. The van der Waals surface area contributed by atoms with Gasteiger partial charge in [0, 0.05) is 39.8 Å². The van der Waals surface area contributed by atoms with E-state index in [0.717, 1.165) is 51.3 Å². The highest BCUT2D eigenvalue weighted by molar-refractivity contribution is 14.0.